The van der Waals surface area contributed by atoms with Crippen LogP contribution in [-0.2, 0) is 10.0 Å². The van der Waals surface area contributed by atoms with Gasteiger partial charge in [-0.15, -0.1) is 0 Å². The van der Waals surface area contributed by atoms with Crippen LogP contribution in [0.15, 0.2) is 29.7 Å². The monoisotopic (exact) mass is 323 g/mol. The Balaban J connectivity index is 1.77. The summed E-state index contributed by atoms with van der Waals surface area (Å²) in [6.07, 6.45) is 8.89. The summed E-state index contributed by atoms with van der Waals surface area (Å²) >= 11 is 0. The van der Waals surface area contributed by atoms with Crippen molar-refractivity contribution in [2.45, 2.75) is 37.1 Å². The maximum Gasteiger partial charge on any atom is 0.266 e. The fourth-order valence-electron chi connectivity index (χ4n) is 2.12. The van der Waals surface area contributed by atoms with E-state index in [9.17, 15) is 8.42 Å². The molecule has 1 N–H and O–H groups in total. The first-order valence-electron chi connectivity index (χ1n) is 7.10. The molecule has 2 aromatic heterocycles. The molecule has 9 heteroatoms. The van der Waals surface area contributed by atoms with Crippen molar-refractivity contribution in [2.24, 2.45) is 0 Å². The zero-order chi connectivity index (χ0) is 15.6. The Morgan fingerprint density at radius 1 is 1.36 bits per heavy atom. The number of nitrogens with one attached hydrogen (secondary N) is 1. The lowest BCUT2D eigenvalue weighted by molar-refractivity contribution is 0.289. The third kappa shape index (κ3) is 3.03. The topological polar surface area (TPSA) is 99.0 Å². The van der Waals surface area contributed by atoms with Crippen LogP contribution in [0.5, 0.6) is 5.88 Å². The first kappa shape index (κ1) is 14.8. The molecule has 2 aromatic rings. The van der Waals surface area contributed by atoms with E-state index in [1.807, 2.05) is 6.92 Å². The number of hydrogen-bond donors (Lipinski definition) is 1. The minimum Gasteiger partial charge on any atom is -0.477 e. The number of ether oxygens (including phenoxy) is 1. The molecule has 1 aliphatic rings. The highest BCUT2D eigenvalue weighted by Gasteiger charge is 2.23. The molecule has 1 fully saturated rings. The third-order valence-corrected chi connectivity index (χ3v) is 4.79. The van der Waals surface area contributed by atoms with E-state index in [0.717, 1.165) is 19.3 Å². The van der Waals surface area contributed by atoms with E-state index in [4.69, 9.17) is 4.74 Å². The molecule has 22 heavy (non-hydrogen) atoms. The molecule has 0 saturated heterocycles. The Bertz CT molecular complexity index is 755. The van der Waals surface area contributed by atoms with Crippen molar-refractivity contribution in [3.8, 4) is 5.88 Å². The minimum absolute atomic E-state index is 0.113. The fraction of sp³-hybridized carbons (Fsp3) is 0.462. The Morgan fingerprint density at radius 2 is 2.18 bits per heavy atom. The molecule has 0 amide bonds. The number of aromatic nitrogens is 4. The SMILES string of the molecule is CCOc1cncc(NS(=O)(=O)c2cnn(C3CCC3)c2)n1. The van der Waals surface area contributed by atoms with E-state index in [2.05, 4.69) is 19.8 Å². The number of anilines is 1. The number of nitrogens with zero attached hydrogens (tertiary/aromatic N) is 4. The first-order valence-corrected chi connectivity index (χ1v) is 8.58. The summed E-state index contributed by atoms with van der Waals surface area (Å²) in [6.45, 7) is 2.24. The summed E-state index contributed by atoms with van der Waals surface area (Å²) in [4.78, 5) is 8.06. The van der Waals surface area contributed by atoms with Gasteiger partial charge in [-0.2, -0.15) is 10.1 Å². The minimum atomic E-state index is -3.73. The maximum absolute atomic E-state index is 12.3. The van der Waals surface area contributed by atoms with Crippen molar-refractivity contribution in [2.75, 3.05) is 11.3 Å². The summed E-state index contributed by atoms with van der Waals surface area (Å²) in [6, 6.07) is 0.310. The molecule has 0 radical (unpaired) electrons. The highest BCUT2D eigenvalue weighted by molar-refractivity contribution is 7.92. The predicted molar refractivity (Wildman–Crippen MR) is 79.1 cm³/mol. The third-order valence-electron chi connectivity index (χ3n) is 3.48. The second-order valence-electron chi connectivity index (χ2n) is 5.02. The highest BCUT2D eigenvalue weighted by Crippen LogP contribution is 2.31. The van der Waals surface area contributed by atoms with Crippen molar-refractivity contribution in [3.05, 3.63) is 24.8 Å². The number of hydrogen-bond acceptors (Lipinski definition) is 6. The zero-order valence-corrected chi connectivity index (χ0v) is 13.0. The van der Waals surface area contributed by atoms with Gasteiger partial charge in [-0.3, -0.25) is 14.4 Å². The largest absolute Gasteiger partial charge is 0.477 e. The van der Waals surface area contributed by atoms with E-state index in [-0.39, 0.29) is 16.6 Å². The van der Waals surface area contributed by atoms with Crippen LogP contribution >= 0.6 is 0 Å². The molecule has 8 nitrogen and oxygen atoms in total. The van der Waals surface area contributed by atoms with Crippen LogP contribution in [-0.4, -0.2) is 34.8 Å². The van der Waals surface area contributed by atoms with E-state index in [0.29, 0.717) is 12.6 Å². The van der Waals surface area contributed by atoms with E-state index in [1.54, 1.807) is 10.9 Å². The van der Waals surface area contributed by atoms with E-state index >= 15 is 0 Å². The molecule has 0 atom stereocenters. The highest BCUT2D eigenvalue weighted by atomic mass is 32.2. The molecule has 118 valence electrons. The first-order chi connectivity index (χ1) is 10.6. The van der Waals surface area contributed by atoms with Gasteiger partial charge in [0.2, 0.25) is 5.88 Å². The molecule has 1 saturated carbocycles. The van der Waals surface area contributed by atoms with Crippen molar-refractivity contribution in [1.29, 1.82) is 0 Å². The summed E-state index contributed by atoms with van der Waals surface area (Å²) in [5.74, 6) is 0.384. The molecule has 3 rings (SSSR count). The second kappa shape index (κ2) is 5.91. The number of sulfonamides is 1. The van der Waals surface area contributed by atoms with Gasteiger partial charge >= 0.3 is 0 Å². The maximum atomic E-state index is 12.3. The number of rotatable bonds is 6. The van der Waals surface area contributed by atoms with Gasteiger partial charge in [0, 0.05) is 6.20 Å². The quantitative estimate of drug-likeness (QED) is 0.867. The van der Waals surface area contributed by atoms with Crippen LogP contribution in [0, 0.1) is 0 Å². The van der Waals surface area contributed by atoms with Crippen molar-refractivity contribution >= 4 is 15.8 Å². The molecular formula is C13H17N5O3S. The molecule has 1 aliphatic carbocycles. The summed E-state index contributed by atoms with van der Waals surface area (Å²) in [5, 5.41) is 4.13. The van der Waals surface area contributed by atoms with Crippen LogP contribution in [0.3, 0.4) is 0 Å². The van der Waals surface area contributed by atoms with Gasteiger partial charge in [-0.1, -0.05) is 0 Å². The van der Waals surface area contributed by atoms with Crippen LogP contribution < -0.4 is 9.46 Å². The molecule has 0 spiro atoms. The van der Waals surface area contributed by atoms with Gasteiger partial charge in [-0.25, -0.2) is 8.42 Å². The average molecular weight is 323 g/mol. The molecule has 2 heterocycles. The summed E-state index contributed by atoms with van der Waals surface area (Å²) < 4.78 is 34.0. The van der Waals surface area contributed by atoms with Crippen molar-refractivity contribution in [3.63, 3.8) is 0 Å². The van der Waals surface area contributed by atoms with E-state index in [1.165, 1.54) is 18.6 Å². The van der Waals surface area contributed by atoms with Gasteiger partial charge in [0.25, 0.3) is 10.0 Å². The van der Waals surface area contributed by atoms with Crippen LogP contribution in [0.25, 0.3) is 0 Å². The summed E-state index contributed by atoms with van der Waals surface area (Å²) in [7, 11) is -3.73. The smallest absolute Gasteiger partial charge is 0.266 e. The van der Waals surface area contributed by atoms with Crippen molar-refractivity contribution in [1.82, 2.24) is 19.7 Å². The summed E-state index contributed by atoms with van der Waals surface area (Å²) in [5.41, 5.74) is 0. The Hall–Kier alpha value is -2.16. The van der Waals surface area contributed by atoms with Gasteiger partial charge in [-0.05, 0) is 26.2 Å². The van der Waals surface area contributed by atoms with Crippen LogP contribution in [0.4, 0.5) is 5.82 Å². The molecule has 0 aromatic carbocycles. The van der Waals surface area contributed by atoms with Crippen molar-refractivity contribution < 1.29 is 13.2 Å². The Kier molecular flexibility index (Phi) is 3.97. The van der Waals surface area contributed by atoms with E-state index < -0.39 is 10.0 Å². The fourth-order valence-corrected chi connectivity index (χ4v) is 3.05. The zero-order valence-electron chi connectivity index (χ0n) is 12.1. The second-order valence-corrected chi connectivity index (χ2v) is 6.70. The van der Waals surface area contributed by atoms with Gasteiger partial charge < -0.3 is 4.74 Å². The predicted octanol–water partition coefficient (Wildman–Crippen LogP) is 1.60. The average Bonchev–Trinajstić information content (AvgIpc) is 2.87. The molecule has 0 unspecified atom stereocenters. The lowest BCUT2D eigenvalue weighted by Gasteiger charge is -2.25. The van der Waals surface area contributed by atoms with Gasteiger partial charge in [0.05, 0.1) is 31.2 Å². The van der Waals surface area contributed by atoms with Gasteiger partial charge in [0.15, 0.2) is 5.82 Å². The lowest BCUT2D eigenvalue weighted by Crippen LogP contribution is -2.17. The van der Waals surface area contributed by atoms with Crippen LogP contribution in [0.2, 0.25) is 0 Å². The van der Waals surface area contributed by atoms with Crippen LogP contribution in [0.1, 0.15) is 32.2 Å². The lowest BCUT2D eigenvalue weighted by atomic mass is 9.93. The molecule has 0 bridgehead atoms. The normalized spacial score (nSPS) is 15.3. The Labute approximate surface area is 128 Å². The Morgan fingerprint density at radius 3 is 2.86 bits per heavy atom. The molecule has 0 aliphatic heterocycles. The molecular weight excluding hydrogens is 306 g/mol. The van der Waals surface area contributed by atoms with Gasteiger partial charge in [0.1, 0.15) is 4.90 Å². The standard InChI is InChI=1S/C13H17N5O3S/c1-2-21-13-8-14-7-12(16-13)17-22(19,20)11-6-15-18(9-11)10-4-3-5-10/h6-10H,2-5H2,1H3,(H,16,17).